The van der Waals surface area contributed by atoms with Gasteiger partial charge in [0, 0.05) is 23.3 Å². The van der Waals surface area contributed by atoms with E-state index in [0.717, 1.165) is 0 Å². The highest BCUT2D eigenvalue weighted by atomic mass is 19.1. The van der Waals surface area contributed by atoms with E-state index >= 15 is 0 Å². The molecule has 0 aliphatic heterocycles. The highest BCUT2D eigenvalue weighted by Gasteiger charge is 2.29. The van der Waals surface area contributed by atoms with E-state index in [-0.39, 0.29) is 5.82 Å². The minimum Gasteiger partial charge on any atom is -0.458 e. The molecule has 1 N–H and O–H groups in total. The maximum Gasteiger partial charge on any atom is 0.146 e. The molecule has 0 bridgehead atoms. The fourth-order valence-electron chi connectivity index (χ4n) is 2.05. The number of pyridine rings is 1. The van der Waals surface area contributed by atoms with Crippen LogP contribution in [0.15, 0.2) is 53.2 Å². The van der Waals surface area contributed by atoms with E-state index in [2.05, 4.69) is 4.98 Å². The van der Waals surface area contributed by atoms with Crippen LogP contribution in [0.4, 0.5) is 4.39 Å². The monoisotopic (exact) mass is 257 g/mol. The van der Waals surface area contributed by atoms with Gasteiger partial charge in [-0.2, -0.15) is 0 Å². The topological polar surface area (TPSA) is 46.3 Å². The molecule has 3 nitrogen and oxygen atoms in total. The van der Waals surface area contributed by atoms with E-state index in [1.807, 2.05) is 0 Å². The maximum atomic E-state index is 13.2. The highest BCUT2D eigenvalue weighted by molar-refractivity contribution is 5.78. The first-order chi connectivity index (χ1) is 9.07. The molecule has 3 rings (SSSR count). The van der Waals surface area contributed by atoms with Crippen LogP contribution in [0.2, 0.25) is 0 Å². The van der Waals surface area contributed by atoms with E-state index in [1.165, 1.54) is 12.1 Å². The second kappa shape index (κ2) is 4.17. The molecule has 2 aromatic heterocycles. The Labute approximate surface area is 109 Å². The van der Waals surface area contributed by atoms with Crippen LogP contribution in [0.1, 0.15) is 18.2 Å². The summed E-state index contributed by atoms with van der Waals surface area (Å²) in [4.78, 5) is 3.98. The van der Waals surface area contributed by atoms with Gasteiger partial charge in [-0.1, -0.05) is 6.07 Å². The summed E-state index contributed by atoms with van der Waals surface area (Å²) in [6.45, 7) is 1.62. The Morgan fingerprint density at radius 3 is 2.84 bits per heavy atom. The highest BCUT2D eigenvalue weighted by Crippen LogP contribution is 2.33. The number of fused-ring (bicyclic) bond motifs is 1. The van der Waals surface area contributed by atoms with Crippen molar-refractivity contribution in [3.05, 3.63) is 65.9 Å². The van der Waals surface area contributed by atoms with Crippen LogP contribution in [0.5, 0.6) is 0 Å². The molecular weight excluding hydrogens is 245 g/mol. The molecule has 1 unspecified atom stereocenters. The van der Waals surface area contributed by atoms with E-state index in [1.54, 1.807) is 43.6 Å². The number of furan rings is 1. The molecule has 19 heavy (non-hydrogen) atoms. The molecule has 2 heterocycles. The number of hydrogen-bond donors (Lipinski definition) is 1. The Kier molecular flexibility index (Phi) is 2.61. The SMILES string of the molecule is CC(O)(c1cccnc1)c1cc2cc(F)ccc2o1. The summed E-state index contributed by atoms with van der Waals surface area (Å²) in [5.41, 5.74) is -0.140. The van der Waals surface area contributed by atoms with Gasteiger partial charge in [0.1, 0.15) is 22.8 Å². The van der Waals surface area contributed by atoms with E-state index in [0.29, 0.717) is 22.3 Å². The summed E-state index contributed by atoms with van der Waals surface area (Å²) in [7, 11) is 0. The lowest BCUT2D eigenvalue weighted by Crippen LogP contribution is -2.22. The number of halogens is 1. The van der Waals surface area contributed by atoms with Gasteiger partial charge in [-0.25, -0.2) is 4.39 Å². The van der Waals surface area contributed by atoms with Gasteiger partial charge >= 0.3 is 0 Å². The molecule has 4 heteroatoms. The van der Waals surface area contributed by atoms with Gasteiger partial charge in [0.25, 0.3) is 0 Å². The number of hydrogen-bond acceptors (Lipinski definition) is 3. The average Bonchev–Trinajstić information content (AvgIpc) is 2.83. The second-order valence-electron chi connectivity index (χ2n) is 4.61. The number of rotatable bonds is 2. The maximum absolute atomic E-state index is 13.2. The zero-order chi connectivity index (χ0) is 13.5. The van der Waals surface area contributed by atoms with Crippen LogP contribution >= 0.6 is 0 Å². The van der Waals surface area contributed by atoms with Crippen molar-refractivity contribution in [3.8, 4) is 0 Å². The van der Waals surface area contributed by atoms with Gasteiger partial charge in [0.05, 0.1) is 0 Å². The normalized spacial score (nSPS) is 14.5. The molecule has 96 valence electrons. The Hall–Kier alpha value is -2.20. The summed E-state index contributed by atoms with van der Waals surface area (Å²) in [5.74, 6) is 0.0296. The summed E-state index contributed by atoms with van der Waals surface area (Å²) in [6, 6.07) is 9.40. The van der Waals surface area contributed by atoms with Crippen molar-refractivity contribution in [1.82, 2.24) is 4.98 Å². The van der Waals surface area contributed by atoms with Crippen molar-refractivity contribution in [3.63, 3.8) is 0 Å². The minimum absolute atomic E-state index is 0.333. The first-order valence-electron chi connectivity index (χ1n) is 5.90. The van der Waals surface area contributed by atoms with Crippen molar-refractivity contribution in [1.29, 1.82) is 0 Å². The van der Waals surface area contributed by atoms with Crippen molar-refractivity contribution >= 4 is 11.0 Å². The van der Waals surface area contributed by atoms with Crippen molar-refractivity contribution in [2.24, 2.45) is 0 Å². The summed E-state index contributed by atoms with van der Waals surface area (Å²) >= 11 is 0. The van der Waals surface area contributed by atoms with Crippen molar-refractivity contribution < 1.29 is 13.9 Å². The van der Waals surface area contributed by atoms with Gasteiger partial charge in [-0.05, 0) is 37.3 Å². The molecule has 0 aliphatic rings. The van der Waals surface area contributed by atoms with Crippen LogP contribution in [0.25, 0.3) is 11.0 Å². The average molecular weight is 257 g/mol. The van der Waals surface area contributed by atoms with Gasteiger partial charge < -0.3 is 9.52 Å². The van der Waals surface area contributed by atoms with Gasteiger partial charge in [-0.15, -0.1) is 0 Å². The fraction of sp³-hybridized carbons (Fsp3) is 0.133. The number of nitrogens with zero attached hydrogens (tertiary/aromatic N) is 1. The summed E-state index contributed by atoms with van der Waals surface area (Å²) < 4.78 is 18.7. The quantitative estimate of drug-likeness (QED) is 0.766. The second-order valence-corrected chi connectivity index (χ2v) is 4.61. The van der Waals surface area contributed by atoms with Gasteiger partial charge in [0.15, 0.2) is 0 Å². The lowest BCUT2D eigenvalue weighted by molar-refractivity contribution is 0.0783. The number of benzene rings is 1. The van der Waals surface area contributed by atoms with Crippen LogP contribution in [0, 0.1) is 5.82 Å². The zero-order valence-corrected chi connectivity index (χ0v) is 10.3. The predicted molar refractivity (Wildman–Crippen MR) is 69.1 cm³/mol. The molecule has 3 aromatic rings. The summed E-state index contributed by atoms with van der Waals surface area (Å²) in [6.07, 6.45) is 3.21. The molecule has 0 amide bonds. The van der Waals surface area contributed by atoms with Gasteiger partial charge in [0.2, 0.25) is 0 Å². The minimum atomic E-state index is -1.30. The molecule has 0 saturated carbocycles. The van der Waals surface area contributed by atoms with E-state index in [4.69, 9.17) is 4.42 Å². The number of aliphatic hydroxyl groups is 1. The predicted octanol–water partition coefficient (Wildman–Crippen LogP) is 3.22. The lowest BCUT2D eigenvalue weighted by Gasteiger charge is -2.20. The summed E-state index contributed by atoms with van der Waals surface area (Å²) in [5, 5.41) is 11.2. The third kappa shape index (κ3) is 2.00. The molecule has 1 atom stereocenters. The Balaban J connectivity index is 2.13. The largest absolute Gasteiger partial charge is 0.458 e. The smallest absolute Gasteiger partial charge is 0.146 e. The Bertz CT molecular complexity index is 719. The Morgan fingerprint density at radius 2 is 2.11 bits per heavy atom. The van der Waals surface area contributed by atoms with E-state index < -0.39 is 5.60 Å². The van der Waals surface area contributed by atoms with Gasteiger partial charge in [-0.3, -0.25) is 4.98 Å². The molecule has 0 fully saturated rings. The molecule has 1 aromatic carbocycles. The molecule has 0 aliphatic carbocycles. The molecule has 0 radical (unpaired) electrons. The fourth-order valence-corrected chi connectivity index (χ4v) is 2.05. The zero-order valence-electron chi connectivity index (χ0n) is 10.3. The Morgan fingerprint density at radius 1 is 1.26 bits per heavy atom. The van der Waals surface area contributed by atoms with Crippen LogP contribution in [0.3, 0.4) is 0 Å². The molecule has 0 spiro atoms. The van der Waals surface area contributed by atoms with Crippen molar-refractivity contribution in [2.75, 3.05) is 0 Å². The standard InChI is InChI=1S/C15H12FNO2/c1-15(18,11-3-2-6-17-9-11)14-8-10-7-12(16)4-5-13(10)19-14/h2-9,18H,1H3. The van der Waals surface area contributed by atoms with Crippen LogP contribution < -0.4 is 0 Å². The first kappa shape index (κ1) is 11.9. The van der Waals surface area contributed by atoms with E-state index in [9.17, 15) is 9.50 Å². The van der Waals surface area contributed by atoms with Crippen LogP contribution in [-0.2, 0) is 5.60 Å². The van der Waals surface area contributed by atoms with Crippen molar-refractivity contribution in [2.45, 2.75) is 12.5 Å². The number of aromatic nitrogens is 1. The first-order valence-corrected chi connectivity index (χ1v) is 5.90. The third-order valence-corrected chi connectivity index (χ3v) is 3.18. The van der Waals surface area contributed by atoms with Crippen LogP contribution in [-0.4, -0.2) is 10.1 Å². The lowest BCUT2D eigenvalue weighted by atomic mass is 9.95. The molecule has 0 saturated heterocycles. The molecular formula is C15H12FNO2. The third-order valence-electron chi connectivity index (χ3n) is 3.18.